The van der Waals surface area contributed by atoms with Crippen molar-refractivity contribution in [2.75, 3.05) is 44.2 Å². The maximum absolute atomic E-state index is 13.8. The third-order valence-electron chi connectivity index (χ3n) is 7.60. The molecule has 2 fully saturated rings. The summed E-state index contributed by atoms with van der Waals surface area (Å²) < 4.78 is 40.3. The number of piperazine rings is 1. The average Bonchev–Trinajstić information content (AvgIpc) is 2.96. The molecule has 3 heterocycles. The fraction of sp³-hybridized carbons (Fsp3) is 0.379. The molecular formula is C29H30Cl2F3N5O. The Kier molecular flexibility index (Phi) is 9.15. The van der Waals surface area contributed by atoms with E-state index in [1.54, 1.807) is 12.1 Å². The lowest BCUT2D eigenvalue weighted by Gasteiger charge is -2.43. The molecule has 2 aliphatic heterocycles. The van der Waals surface area contributed by atoms with E-state index in [0.29, 0.717) is 28.0 Å². The first-order chi connectivity index (χ1) is 19.3. The van der Waals surface area contributed by atoms with Crippen LogP contribution >= 0.6 is 23.2 Å². The van der Waals surface area contributed by atoms with Gasteiger partial charge in [0.25, 0.3) is 5.91 Å². The van der Waals surface area contributed by atoms with Gasteiger partial charge in [0.15, 0.2) is 11.6 Å². The molecule has 0 saturated carbocycles. The minimum atomic E-state index is -0.960. The van der Waals surface area contributed by atoms with Gasteiger partial charge in [-0.05, 0) is 67.4 Å². The van der Waals surface area contributed by atoms with Crippen molar-refractivity contribution in [3.63, 3.8) is 0 Å². The number of benzene rings is 2. The van der Waals surface area contributed by atoms with Crippen molar-refractivity contribution < 1.29 is 18.0 Å². The van der Waals surface area contributed by atoms with Gasteiger partial charge in [-0.25, -0.2) is 18.2 Å². The van der Waals surface area contributed by atoms with E-state index in [2.05, 4.69) is 25.0 Å². The molecule has 2 aliphatic rings. The summed E-state index contributed by atoms with van der Waals surface area (Å²) >= 11 is 12.3. The van der Waals surface area contributed by atoms with Crippen LogP contribution in [0.1, 0.15) is 34.3 Å². The number of anilines is 1. The maximum atomic E-state index is 13.8. The summed E-state index contributed by atoms with van der Waals surface area (Å²) in [6.07, 6.45) is 3.60. The van der Waals surface area contributed by atoms with Gasteiger partial charge in [-0.15, -0.1) is 0 Å². The first-order valence-electron chi connectivity index (χ1n) is 13.3. The highest BCUT2D eigenvalue weighted by Crippen LogP contribution is 2.27. The first kappa shape index (κ1) is 28.7. The van der Waals surface area contributed by atoms with Gasteiger partial charge in [0.05, 0.1) is 15.6 Å². The zero-order valence-corrected chi connectivity index (χ0v) is 23.4. The van der Waals surface area contributed by atoms with Crippen molar-refractivity contribution in [2.45, 2.75) is 32.0 Å². The van der Waals surface area contributed by atoms with Crippen molar-refractivity contribution in [3.05, 3.63) is 92.8 Å². The van der Waals surface area contributed by atoms with E-state index < -0.39 is 17.5 Å². The molecule has 0 atom stereocenters. The fourth-order valence-electron chi connectivity index (χ4n) is 5.36. The van der Waals surface area contributed by atoms with Gasteiger partial charge in [-0.2, -0.15) is 0 Å². The van der Waals surface area contributed by atoms with Gasteiger partial charge in [0, 0.05) is 51.5 Å². The number of pyridine rings is 1. The highest BCUT2D eigenvalue weighted by Gasteiger charge is 2.28. The normalized spacial score (nSPS) is 17.3. The monoisotopic (exact) mass is 591 g/mol. The third-order valence-corrected chi connectivity index (χ3v) is 8.18. The topological polar surface area (TPSA) is 51.7 Å². The van der Waals surface area contributed by atoms with Gasteiger partial charge in [0.2, 0.25) is 0 Å². The lowest BCUT2D eigenvalue weighted by molar-refractivity contribution is 0.0950. The van der Waals surface area contributed by atoms with Crippen molar-refractivity contribution in [1.82, 2.24) is 20.1 Å². The number of hydrogen-bond donors (Lipinski definition) is 1. The number of amides is 1. The number of aromatic nitrogens is 1. The molecule has 40 heavy (non-hydrogen) atoms. The molecule has 5 rings (SSSR count). The molecule has 6 nitrogen and oxygen atoms in total. The van der Waals surface area contributed by atoms with Gasteiger partial charge < -0.3 is 10.2 Å². The van der Waals surface area contributed by atoms with Crippen molar-refractivity contribution in [2.24, 2.45) is 0 Å². The number of carbonyl (C=O) groups excluding carboxylic acids is 1. The molecule has 0 radical (unpaired) electrons. The predicted octanol–water partition coefficient (Wildman–Crippen LogP) is 5.52. The molecule has 0 bridgehead atoms. The maximum Gasteiger partial charge on any atom is 0.253 e. The van der Waals surface area contributed by atoms with Gasteiger partial charge in [-0.1, -0.05) is 35.3 Å². The van der Waals surface area contributed by atoms with Crippen molar-refractivity contribution in [1.29, 1.82) is 0 Å². The van der Waals surface area contributed by atoms with Crippen LogP contribution in [0.3, 0.4) is 0 Å². The Morgan fingerprint density at radius 2 is 1.55 bits per heavy atom. The van der Waals surface area contributed by atoms with E-state index in [4.69, 9.17) is 23.2 Å². The number of nitrogens with one attached hydrogen (secondary N) is 1. The van der Waals surface area contributed by atoms with Gasteiger partial charge >= 0.3 is 0 Å². The zero-order chi connectivity index (χ0) is 28.2. The molecule has 2 aromatic carbocycles. The Morgan fingerprint density at radius 3 is 2.23 bits per heavy atom. The molecular weight excluding hydrogens is 562 g/mol. The Hall–Kier alpha value is -2.85. The SMILES string of the molecule is O=C(NCc1ccc(F)c(F)c1)c1cnc(N2CCN(C3CCN(Cc4ccc(Cl)c(F)c4)CC3)CC2)c(Cl)c1. The summed E-state index contributed by atoms with van der Waals surface area (Å²) in [5.74, 6) is -2.03. The Bertz CT molecular complexity index is 1360. The number of halogens is 5. The van der Waals surface area contributed by atoms with Crippen LogP contribution in [0.15, 0.2) is 48.7 Å². The van der Waals surface area contributed by atoms with Crippen molar-refractivity contribution in [3.8, 4) is 0 Å². The molecule has 1 N–H and O–H groups in total. The number of piperidine rings is 1. The lowest BCUT2D eigenvalue weighted by atomic mass is 10.0. The van der Waals surface area contributed by atoms with E-state index in [9.17, 15) is 18.0 Å². The summed E-state index contributed by atoms with van der Waals surface area (Å²) in [5.41, 5.74) is 1.68. The summed E-state index contributed by atoms with van der Waals surface area (Å²) in [6.45, 7) is 6.03. The van der Waals surface area contributed by atoms with Crippen LogP contribution < -0.4 is 10.2 Å². The average molecular weight is 592 g/mol. The minimum Gasteiger partial charge on any atom is -0.353 e. The molecule has 0 unspecified atom stereocenters. The van der Waals surface area contributed by atoms with Crippen LogP contribution in [0, 0.1) is 17.5 Å². The molecule has 212 valence electrons. The second kappa shape index (κ2) is 12.8. The summed E-state index contributed by atoms with van der Waals surface area (Å²) in [7, 11) is 0. The Balaban J connectivity index is 1.09. The summed E-state index contributed by atoms with van der Waals surface area (Å²) in [6, 6.07) is 10.6. The smallest absolute Gasteiger partial charge is 0.253 e. The van der Waals surface area contributed by atoms with E-state index in [0.717, 1.165) is 76.4 Å². The van der Waals surface area contributed by atoms with Crippen molar-refractivity contribution >= 4 is 34.9 Å². The highest BCUT2D eigenvalue weighted by molar-refractivity contribution is 6.33. The summed E-state index contributed by atoms with van der Waals surface area (Å²) in [4.78, 5) is 24.0. The third kappa shape index (κ3) is 6.89. The standard InChI is InChI=1S/C29H30Cl2F3N5O/c30-23-3-1-20(14-26(23)33)18-37-7-5-22(6-8-37)38-9-11-39(12-10-38)28-24(31)15-21(17-35-28)29(40)36-16-19-2-4-25(32)27(34)13-19/h1-4,13-15,17,22H,5-12,16,18H2,(H,36,40). The summed E-state index contributed by atoms with van der Waals surface area (Å²) in [5, 5.41) is 3.22. The molecule has 3 aromatic rings. The molecule has 1 amide bonds. The zero-order valence-electron chi connectivity index (χ0n) is 21.9. The van der Waals surface area contributed by atoms with Crippen LogP contribution in [0.5, 0.6) is 0 Å². The van der Waals surface area contributed by atoms with Gasteiger partial charge in [0.1, 0.15) is 11.6 Å². The second-order valence-electron chi connectivity index (χ2n) is 10.2. The number of nitrogens with zero attached hydrogens (tertiary/aromatic N) is 4. The van der Waals surface area contributed by atoms with E-state index in [-0.39, 0.29) is 17.4 Å². The number of hydrogen-bond acceptors (Lipinski definition) is 5. The second-order valence-corrected chi connectivity index (χ2v) is 11.1. The van der Waals surface area contributed by atoms with Crippen LogP contribution in [-0.4, -0.2) is 66.0 Å². The fourth-order valence-corrected chi connectivity index (χ4v) is 5.76. The first-order valence-corrected chi connectivity index (χ1v) is 14.1. The molecule has 0 spiro atoms. The number of rotatable bonds is 7. The Morgan fingerprint density at radius 1 is 0.850 bits per heavy atom. The minimum absolute atomic E-state index is 0.0516. The Labute approximate surface area is 241 Å². The lowest BCUT2D eigenvalue weighted by Crippen LogP contribution is -2.53. The molecule has 0 aliphatic carbocycles. The molecule has 11 heteroatoms. The predicted molar refractivity (Wildman–Crippen MR) is 150 cm³/mol. The van der Waals surface area contributed by atoms with E-state index in [1.165, 1.54) is 18.3 Å². The molecule has 1 aromatic heterocycles. The number of likely N-dealkylation sites (tertiary alicyclic amines) is 1. The quantitative estimate of drug-likeness (QED) is 0.392. The van der Waals surface area contributed by atoms with Crippen LogP contribution in [0.4, 0.5) is 19.0 Å². The van der Waals surface area contributed by atoms with Crippen LogP contribution in [-0.2, 0) is 13.1 Å². The molecule has 2 saturated heterocycles. The van der Waals surface area contributed by atoms with Crippen LogP contribution in [0.25, 0.3) is 0 Å². The van der Waals surface area contributed by atoms with E-state index in [1.807, 2.05) is 6.07 Å². The number of carbonyl (C=O) groups is 1. The largest absolute Gasteiger partial charge is 0.353 e. The highest BCUT2D eigenvalue weighted by atomic mass is 35.5. The van der Waals surface area contributed by atoms with E-state index >= 15 is 0 Å². The van der Waals surface area contributed by atoms with Crippen LogP contribution in [0.2, 0.25) is 10.0 Å². The van der Waals surface area contributed by atoms with Gasteiger partial charge in [-0.3, -0.25) is 14.6 Å².